The van der Waals surface area contributed by atoms with E-state index >= 15 is 0 Å². The summed E-state index contributed by atoms with van der Waals surface area (Å²) in [5, 5.41) is 20.2. The Hall–Kier alpha value is -0.650. The highest BCUT2D eigenvalue weighted by atomic mass is 16.6. The minimum atomic E-state index is -0.951. The largest absolute Gasteiger partial charge is 0.469 e. The third-order valence-electron chi connectivity index (χ3n) is 11.6. The Morgan fingerprint density at radius 1 is 0.971 bits per heavy atom. The number of rotatable bonds is 10. The summed E-state index contributed by atoms with van der Waals surface area (Å²) in [4.78, 5) is 11.7. The molecule has 4 aliphatic carbocycles. The van der Waals surface area contributed by atoms with E-state index in [-0.39, 0.29) is 12.6 Å². The van der Waals surface area contributed by atoms with Crippen LogP contribution in [-0.4, -0.2) is 42.3 Å². The lowest BCUT2D eigenvalue weighted by Crippen LogP contribution is -2.56. The zero-order valence-electron chi connectivity index (χ0n) is 22.9. The molecule has 202 valence electrons. The van der Waals surface area contributed by atoms with Crippen molar-refractivity contribution in [3.8, 4) is 0 Å². The van der Waals surface area contributed by atoms with Crippen molar-refractivity contribution in [3.05, 3.63) is 0 Å². The Balaban J connectivity index is 1.38. The van der Waals surface area contributed by atoms with Crippen LogP contribution in [0.15, 0.2) is 0 Å². The van der Waals surface area contributed by atoms with E-state index in [0.29, 0.717) is 35.7 Å². The average molecular weight is 493 g/mol. The van der Waals surface area contributed by atoms with Gasteiger partial charge in [0.05, 0.1) is 13.7 Å². The molecule has 0 aromatic rings. The predicted molar refractivity (Wildman–Crippen MR) is 137 cm³/mol. The summed E-state index contributed by atoms with van der Waals surface area (Å²) in [7, 11) is 1.50. The zero-order valence-corrected chi connectivity index (χ0v) is 22.9. The Morgan fingerprint density at radius 3 is 2.49 bits per heavy atom. The molecule has 0 unspecified atom stereocenters. The van der Waals surface area contributed by atoms with Gasteiger partial charge < -0.3 is 19.7 Å². The summed E-state index contributed by atoms with van der Waals surface area (Å²) in [5.41, 5.74) is 0.734. The lowest BCUT2D eigenvalue weighted by molar-refractivity contribution is -0.260. The fraction of sp³-hybridized carbons (Fsp3) is 0.967. The number of unbranched alkanes of at least 4 members (excludes halogenated alkanes) is 2. The first kappa shape index (κ1) is 27.4. The van der Waals surface area contributed by atoms with Crippen LogP contribution in [-0.2, 0) is 14.3 Å². The van der Waals surface area contributed by atoms with Crippen molar-refractivity contribution in [2.45, 2.75) is 116 Å². The van der Waals surface area contributed by atoms with Gasteiger partial charge >= 0.3 is 5.97 Å². The van der Waals surface area contributed by atoms with Crippen molar-refractivity contribution in [1.29, 1.82) is 0 Å². The highest BCUT2D eigenvalue weighted by molar-refractivity contribution is 5.69. The maximum Gasteiger partial charge on any atom is 0.305 e. The normalized spacial score (nSPS) is 43.7. The summed E-state index contributed by atoms with van der Waals surface area (Å²) >= 11 is 0. The third-order valence-corrected chi connectivity index (χ3v) is 11.6. The molecule has 4 fully saturated rings. The molecule has 0 aliphatic heterocycles. The number of fused-ring (bicyclic) bond motifs is 5. The first-order valence-corrected chi connectivity index (χ1v) is 14.7. The quantitative estimate of drug-likeness (QED) is 0.219. The molecular formula is C30H52O5. The molecule has 0 aromatic carbocycles. The Morgan fingerprint density at radius 2 is 1.74 bits per heavy atom. The minimum Gasteiger partial charge on any atom is -0.469 e. The van der Waals surface area contributed by atoms with Crippen LogP contribution in [0.3, 0.4) is 0 Å². The SMILES string of the molecule is COC(=O)CC[C@@H](C)[C@H]1CC[C@H]2[C@@H]3CC[C@@H]4C[C@@](O)(OCCCCCO)CC[C@]4(C)[C@H]3CC[C@]12C. The van der Waals surface area contributed by atoms with Crippen LogP contribution in [0.1, 0.15) is 111 Å². The first-order chi connectivity index (χ1) is 16.7. The van der Waals surface area contributed by atoms with Crippen LogP contribution < -0.4 is 0 Å². The van der Waals surface area contributed by atoms with Gasteiger partial charge in [0, 0.05) is 25.9 Å². The second-order valence-corrected chi connectivity index (χ2v) is 13.3. The van der Waals surface area contributed by atoms with Gasteiger partial charge in [-0.15, -0.1) is 0 Å². The van der Waals surface area contributed by atoms with Gasteiger partial charge in [0.15, 0.2) is 5.79 Å². The molecule has 0 radical (unpaired) electrons. The van der Waals surface area contributed by atoms with Crippen LogP contribution in [0.25, 0.3) is 0 Å². The molecule has 4 aliphatic rings. The van der Waals surface area contributed by atoms with E-state index < -0.39 is 5.79 Å². The number of esters is 1. The number of hydrogen-bond acceptors (Lipinski definition) is 5. The van der Waals surface area contributed by atoms with Gasteiger partial charge in [0.2, 0.25) is 0 Å². The average Bonchev–Trinajstić information content (AvgIpc) is 3.20. The predicted octanol–water partition coefficient (Wildman–Crippen LogP) is 6.10. The van der Waals surface area contributed by atoms with Crippen LogP contribution in [0.5, 0.6) is 0 Å². The van der Waals surface area contributed by atoms with E-state index in [2.05, 4.69) is 20.8 Å². The second kappa shape index (κ2) is 11.0. The molecule has 0 spiro atoms. The van der Waals surface area contributed by atoms with Gasteiger partial charge in [-0.05, 0) is 117 Å². The Bertz CT molecular complexity index is 726. The standard InChI is InChI=1S/C30H52O5/c1-21(8-13-27(32)34-4)24-11-12-25-23-10-9-22-20-30(33,35-19-7-5-6-18-31)17-16-28(22,2)26(23)14-15-29(24,25)3/h21-26,31,33H,5-20H2,1-4H3/t21-,22-,23+,24-,25+,26+,28+,29-,30+/m1/s1. The number of hydrogen-bond donors (Lipinski definition) is 2. The topological polar surface area (TPSA) is 76.0 Å². The molecule has 4 rings (SSSR count). The number of ether oxygens (including phenoxy) is 2. The lowest BCUT2D eigenvalue weighted by atomic mass is 9.44. The minimum absolute atomic E-state index is 0.0714. The van der Waals surface area contributed by atoms with Crippen LogP contribution in [0.2, 0.25) is 0 Å². The number of carbonyl (C=O) groups is 1. The molecule has 5 heteroatoms. The molecule has 0 aromatic heterocycles. The summed E-state index contributed by atoms with van der Waals surface area (Å²) in [6.07, 6.45) is 14.7. The lowest BCUT2D eigenvalue weighted by Gasteiger charge is -2.62. The highest BCUT2D eigenvalue weighted by Crippen LogP contribution is 2.69. The maximum atomic E-state index is 11.7. The zero-order chi connectivity index (χ0) is 25.3. The molecule has 2 N–H and O–H groups in total. The van der Waals surface area contributed by atoms with Crippen molar-refractivity contribution in [3.63, 3.8) is 0 Å². The Kier molecular flexibility index (Phi) is 8.60. The first-order valence-electron chi connectivity index (χ1n) is 14.7. The van der Waals surface area contributed by atoms with Crippen molar-refractivity contribution in [2.24, 2.45) is 46.3 Å². The fourth-order valence-electron chi connectivity index (χ4n) is 9.62. The van der Waals surface area contributed by atoms with E-state index in [4.69, 9.17) is 14.6 Å². The number of aliphatic hydroxyl groups is 2. The summed E-state index contributed by atoms with van der Waals surface area (Å²) < 4.78 is 11.0. The van der Waals surface area contributed by atoms with E-state index in [0.717, 1.165) is 68.6 Å². The van der Waals surface area contributed by atoms with E-state index in [9.17, 15) is 9.90 Å². The van der Waals surface area contributed by atoms with Crippen LogP contribution in [0.4, 0.5) is 0 Å². The molecule has 0 bridgehead atoms. The molecule has 0 amide bonds. The smallest absolute Gasteiger partial charge is 0.305 e. The van der Waals surface area contributed by atoms with Crippen molar-refractivity contribution in [1.82, 2.24) is 0 Å². The van der Waals surface area contributed by atoms with E-state index in [1.165, 1.54) is 45.6 Å². The summed E-state index contributed by atoms with van der Waals surface area (Å²) in [6.45, 7) is 8.34. The molecule has 0 heterocycles. The van der Waals surface area contributed by atoms with Crippen LogP contribution in [0, 0.1) is 46.3 Å². The Labute approximate surface area is 213 Å². The summed E-state index contributed by atoms with van der Waals surface area (Å²) in [6, 6.07) is 0. The highest BCUT2D eigenvalue weighted by Gasteiger charge is 2.61. The van der Waals surface area contributed by atoms with Gasteiger partial charge in [0.1, 0.15) is 0 Å². The van der Waals surface area contributed by atoms with Crippen LogP contribution >= 0.6 is 0 Å². The third kappa shape index (κ3) is 5.34. The molecule has 9 atom stereocenters. The number of carbonyl (C=O) groups excluding carboxylic acids is 1. The summed E-state index contributed by atoms with van der Waals surface area (Å²) in [5.74, 6) is 3.24. The van der Waals surface area contributed by atoms with Gasteiger partial charge in [-0.25, -0.2) is 0 Å². The second-order valence-electron chi connectivity index (χ2n) is 13.3. The van der Waals surface area contributed by atoms with Gasteiger partial charge in [-0.3, -0.25) is 4.79 Å². The molecule has 4 saturated carbocycles. The fourth-order valence-corrected chi connectivity index (χ4v) is 9.62. The molecule has 5 nitrogen and oxygen atoms in total. The molecular weight excluding hydrogens is 440 g/mol. The van der Waals surface area contributed by atoms with Crippen molar-refractivity contribution in [2.75, 3.05) is 20.3 Å². The monoisotopic (exact) mass is 492 g/mol. The van der Waals surface area contributed by atoms with E-state index in [1.807, 2.05) is 0 Å². The van der Waals surface area contributed by atoms with Crippen molar-refractivity contribution < 1.29 is 24.5 Å². The van der Waals surface area contributed by atoms with Gasteiger partial charge in [-0.1, -0.05) is 20.8 Å². The molecule has 0 saturated heterocycles. The van der Waals surface area contributed by atoms with Gasteiger partial charge in [0.25, 0.3) is 0 Å². The van der Waals surface area contributed by atoms with Gasteiger partial charge in [-0.2, -0.15) is 0 Å². The molecule has 35 heavy (non-hydrogen) atoms. The number of aliphatic hydroxyl groups excluding tert-OH is 1. The van der Waals surface area contributed by atoms with E-state index in [1.54, 1.807) is 0 Å². The maximum absolute atomic E-state index is 11.7. The number of methoxy groups -OCH3 is 1. The van der Waals surface area contributed by atoms with Crippen molar-refractivity contribution >= 4 is 5.97 Å².